The van der Waals surface area contributed by atoms with Crippen molar-refractivity contribution in [3.63, 3.8) is 0 Å². The lowest BCUT2D eigenvalue weighted by Gasteiger charge is -2.08. The van der Waals surface area contributed by atoms with Gasteiger partial charge < -0.3 is 5.11 Å². The average molecular weight is 390 g/mol. The molecule has 3 aromatic carbocycles. The standard InChI is InChI=1S/C21H14N2O2S2/c24-18-11-10-15-8-4-5-9-16(15)17(18)13-22-23-20(25)19(27-21(23)26)12-14-6-2-1-3-7-14/h1-13,24H/b19-12?,22-13+. The summed E-state index contributed by atoms with van der Waals surface area (Å²) in [5, 5.41) is 17.5. The van der Waals surface area contributed by atoms with Crippen LogP contribution in [0.3, 0.4) is 0 Å². The zero-order valence-electron chi connectivity index (χ0n) is 14.1. The molecule has 1 saturated heterocycles. The minimum Gasteiger partial charge on any atom is -0.507 e. The number of carbonyl (C=O) groups excluding carboxylic acids is 1. The molecule has 1 fully saturated rings. The number of phenols is 1. The van der Waals surface area contributed by atoms with Crippen molar-refractivity contribution in [1.29, 1.82) is 0 Å². The molecule has 1 aliphatic rings. The van der Waals surface area contributed by atoms with E-state index in [4.69, 9.17) is 12.2 Å². The molecule has 0 unspecified atom stereocenters. The number of thioether (sulfide) groups is 1. The molecular weight excluding hydrogens is 376 g/mol. The monoisotopic (exact) mass is 390 g/mol. The number of hydrogen-bond donors (Lipinski definition) is 1. The van der Waals surface area contributed by atoms with Crippen molar-refractivity contribution < 1.29 is 9.90 Å². The van der Waals surface area contributed by atoms with E-state index < -0.39 is 0 Å². The Kier molecular flexibility index (Phi) is 4.75. The lowest BCUT2D eigenvalue weighted by Crippen LogP contribution is -2.22. The Bertz CT molecular complexity index is 1110. The van der Waals surface area contributed by atoms with Gasteiger partial charge in [0.25, 0.3) is 5.91 Å². The minimum absolute atomic E-state index is 0.0997. The van der Waals surface area contributed by atoms with Gasteiger partial charge in [0.1, 0.15) is 5.75 Å². The number of thiocarbonyl (C=S) groups is 1. The van der Waals surface area contributed by atoms with E-state index >= 15 is 0 Å². The quantitative estimate of drug-likeness (QED) is 0.397. The number of carbonyl (C=O) groups is 1. The third-order valence-electron chi connectivity index (χ3n) is 4.12. The predicted octanol–water partition coefficient (Wildman–Crippen LogP) is 4.78. The van der Waals surface area contributed by atoms with Crippen molar-refractivity contribution in [2.75, 3.05) is 0 Å². The van der Waals surface area contributed by atoms with Crippen LogP contribution in [0.15, 0.2) is 76.7 Å². The van der Waals surface area contributed by atoms with Crippen LogP contribution in [0.4, 0.5) is 0 Å². The summed E-state index contributed by atoms with van der Waals surface area (Å²) in [5.41, 5.74) is 1.47. The van der Waals surface area contributed by atoms with Crippen molar-refractivity contribution >= 4 is 57.3 Å². The Balaban J connectivity index is 1.65. The van der Waals surface area contributed by atoms with Gasteiger partial charge in [-0.2, -0.15) is 10.1 Å². The maximum atomic E-state index is 12.7. The summed E-state index contributed by atoms with van der Waals surface area (Å²) >= 11 is 6.52. The second-order valence-electron chi connectivity index (χ2n) is 5.87. The summed E-state index contributed by atoms with van der Waals surface area (Å²) in [6.07, 6.45) is 3.28. The van der Waals surface area contributed by atoms with E-state index in [2.05, 4.69) is 5.10 Å². The van der Waals surface area contributed by atoms with Gasteiger partial charge >= 0.3 is 0 Å². The van der Waals surface area contributed by atoms with Gasteiger partial charge in [-0.3, -0.25) is 4.79 Å². The highest BCUT2D eigenvalue weighted by molar-refractivity contribution is 8.26. The summed E-state index contributed by atoms with van der Waals surface area (Å²) in [7, 11) is 0. The minimum atomic E-state index is -0.273. The number of amides is 1. The number of aromatic hydroxyl groups is 1. The van der Waals surface area contributed by atoms with Gasteiger partial charge in [-0.25, -0.2) is 0 Å². The van der Waals surface area contributed by atoms with Crippen molar-refractivity contribution in [2.45, 2.75) is 0 Å². The van der Waals surface area contributed by atoms with Gasteiger partial charge in [-0.15, -0.1) is 0 Å². The molecule has 1 N–H and O–H groups in total. The largest absolute Gasteiger partial charge is 0.507 e. The summed E-state index contributed by atoms with van der Waals surface area (Å²) in [6, 6.07) is 20.7. The van der Waals surface area contributed by atoms with Crippen LogP contribution < -0.4 is 0 Å². The zero-order valence-corrected chi connectivity index (χ0v) is 15.7. The summed E-state index contributed by atoms with van der Waals surface area (Å²) in [4.78, 5) is 13.2. The first-order valence-corrected chi connectivity index (χ1v) is 9.44. The van der Waals surface area contributed by atoms with E-state index in [1.807, 2.05) is 60.7 Å². The summed E-state index contributed by atoms with van der Waals surface area (Å²) in [6.45, 7) is 0. The van der Waals surface area contributed by atoms with Crippen molar-refractivity contribution in [3.8, 4) is 5.75 Å². The number of phenolic OH excluding ortho intramolecular Hbond substituents is 1. The van der Waals surface area contributed by atoms with Crippen LogP contribution in [0.2, 0.25) is 0 Å². The Morgan fingerprint density at radius 1 is 1.00 bits per heavy atom. The summed E-state index contributed by atoms with van der Waals surface area (Å²) in [5.74, 6) is -0.174. The fraction of sp³-hybridized carbons (Fsp3) is 0. The third kappa shape index (κ3) is 3.49. The number of nitrogens with zero attached hydrogens (tertiary/aromatic N) is 2. The number of hydrazone groups is 1. The van der Waals surface area contributed by atoms with E-state index in [9.17, 15) is 9.90 Å². The highest BCUT2D eigenvalue weighted by Gasteiger charge is 2.32. The molecule has 0 atom stereocenters. The highest BCUT2D eigenvalue weighted by atomic mass is 32.2. The predicted molar refractivity (Wildman–Crippen MR) is 115 cm³/mol. The van der Waals surface area contributed by atoms with E-state index in [-0.39, 0.29) is 11.7 Å². The van der Waals surface area contributed by atoms with E-state index in [0.717, 1.165) is 16.3 Å². The van der Waals surface area contributed by atoms with E-state index in [1.54, 1.807) is 12.1 Å². The fourth-order valence-corrected chi connectivity index (χ4v) is 3.97. The van der Waals surface area contributed by atoms with Crippen LogP contribution in [-0.2, 0) is 4.79 Å². The number of benzene rings is 3. The smallest absolute Gasteiger partial charge is 0.286 e. The van der Waals surface area contributed by atoms with Crippen LogP contribution in [0.1, 0.15) is 11.1 Å². The number of rotatable bonds is 3. The molecule has 0 aromatic heterocycles. The van der Waals surface area contributed by atoms with E-state index in [0.29, 0.717) is 14.8 Å². The Labute approximate surface area is 165 Å². The van der Waals surface area contributed by atoms with Gasteiger partial charge in [-0.05, 0) is 40.7 Å². The normalized spacial score (nSPS) is 16.1. The van der Waals surface area contributed by atoms with Gasteiger partial charge in [0.05, 0.1) is 11.1 Å². The second kappa shape index (κ2) is 7.34. The molecule has 4 rings (SSSR count). The van der Waals surface area contributed by atoms with E-state index in [1.165, 1.54) is 23.0 Å². The highest BCUT2D eigenvalue weighted by Crippen LogP contribution is 2.33. The molecular formula is C21H14N2O2S2. The van der Waals surface area contributed by atoms with Crippen LogP contribution in [0.25, 0.3) is 16.8 Å². The second-order valence-corrected chi connectivity index (χ2v) is 7.54. The van der Waals surface area contributed by atoms with Gasteiger partial charge in [0, 0.05) is 5.56 Å². The van der Waals surface area contributed by atoms with Gasteiger partial charge in [-0.1, -0.05) is 72.4 Å². The van der Waals surface area contributed by atoms with Gasteiger partial charge in [0.15, 0.2) is 4.32 Å². The molecule has 1 amide bonds. The first kappa shape index (κ1) is 17.5. The average Bonchev–Trinajstić information content (AvgIpc) is 2.95. The first-order chi connectivity index (χ1) is 13.1. The molecule has 132 valence electrons. The molecule has 4 nitrogen and oxygen atoms in total. The maximum absolute atomic E-state index is 12.7. The maximum Gasteiger partial charge on any atom is 0.286 e. The molecule has 0 spiro atoms. The topological polar surface area (TPSA) is 52.9 Å². The lowest BCUT2D eigenvalue weighted by molar-refractivity contribution is -0.122. The van der Waals surface area contributed by atoms with Crippen LogP contribution in [0, 0.1) is 0 Å². The molecule has 3 aromatic rings. The van der Waals surface area contributed by atoms with Crippen LogP contribution in [0.5, 0.6) is 5.75 Å². The Morgan fingerprint density at radius 2 is 1.74 bits per heavy atom. The van der Waals surface area contributed by atoms with Crippen LogP contribution in [-0.4, -0.2) is 26.6 Å². The Hall–Kier alpha value is -2.96. The van der Waals surface area contributed by atoms with Crippen molar-refractivity contribution in [2.24, 2.45) is 5.10 Å². The first-order valence-electron chi connectivity index (χ1n) is 8.21. The zero-order chi connectivity index (χ0) is 18.8. The molecule has 27 heavy (non-hydrogen) atoms. The van der Waals surface area contributed by atoms with Crippen LogP contribution >= 0.6 is 24.0 Å². The van der Waals surface area contributed by atoms with Crippen molar-refractivity contribution in [1.82, 2.24) is 5.01 Å². The molecule has 0 aliphatic carbocycles. The SMILES string of the molecule is O=C1C(=Cc2ccccc2)SC(=S)N1/N=C/c1c(O)ccc2ccccc12. The summed E-state index contributed by atoms with van der Waals surface area (Å²) < 4.78 is 0.359. The fourth-order valence-electron chi connectivity index (χ4n) is 2.79. The van der Waals surface area contributed by atoms with Gasteiger partial charge in [0.2, 0.25) is 0 Å². The third-order valence-corrected chi connectivity index (χ3v) is 5.40. The Morgan fingerprint density at radius 3 is 2.56 bits per heavy atom. The molecule has 0 radical (unpaired) electrons. The molecule has 0 bridgehead atoms. The molecule has 1 aliphatic heterocycles. The van der Waals surface area contributed by atoms with Crippen molar-refractivity contribution in [3.05, 3.63) is 82.8 Å². The molecule has 0 saturated carbocycles. The lowest BCUT2D eigenvalue weighted by atomic mass is 10.0. The number of hydrogen-bond acceptors (Lipinski definition) is 5. The number of fused-ring (bicyclic) bond motifs is 1. The molecule has 1 heterocycles. The molecule has 6 heteroatoms.